The number of hydrogen-bond acceptors (Lipinski definition) is 7. The Morgan fingerprint density at radius 3 is 2.67 bits per heavy atom. The molecule has 2 aromatic heterocycles. The monoisotopic (exact) mass is 500 g/mol. The molecule has 3 aromatic rings. The van der Waals surface area contributed by atoms with Crippen molar-refractivity contribution in [1.29, 1.82) is 0 Å². The Hall–Kier alpha value is -4.22. The Labute approximate surface area is 207 Å². The lowest BCUT2D eigenvalue weighted by atomic mass is 10.1. The van der Waals surface area contributed by atoms with Gasteiger partial charge in [0.25, 0.3) is 0 Å². The minimum absolute atomic E-state index is 0.220. The molecular formula is C24H29FN6O5. The van der Waals surface area contributed by atoms with Crippen molar-refractivity contribution in [1.82, 2.24) is 24.9 Å². The normalized spacial score (nSPS) is 12.0. The zero-order valence-corrected chi connectivity index (χ0v) is 20.5. The van der Waals surface area contributed by atoms with Crippen molar-refractivity contribution in [3.63, 3.8) is 0 Å². The number of hydrogen-bond donors (Lipinski definition) is 2. The van der Waals surface area contributed by atoms with Crippen LogP contribution >= 0.6 is 0 Å². The number of carbonyl (C=O) groups excluding carboxylic acids is 2. The third-order valence-electron chi connectivity index (χ3n) is 4.64. The van der Waals surface area contributed by atoms with E-state index in [-0.39, 0.29) is 18.4 Å². The van der Waals surface area contributed by atoms with Gasteiger partial charge in [-0.15, -0.1) is 0 Å². The molecule has 0 bridgehead atoms. The van der Waals surface area contributed by atoms with Crippen LogP contribution in [0.2, 0.25) is 0 Å². The topological polar surface area (TPSA) is 129 Å². The fourth-order valence-electron chi connectivity index (χ4n) is 3.08. The van der Waals surface area contributed by atoms with E-state index in [1.165, 1.54) is 6.07 Å². The summed E-state index contributed by atoms with van der Waals surface area (Å²) >= 11 is 0. The quantitative estimate of drug-likeness (QED) is 0.486. The molecule has 2 amide bonds. The van der Waals surface area contributed by atoms with Gasteiger partial charge in [0.15, 0.2) is 6.17 Å². The molecule has 36 heavy (non-hydrogen) atoms. The standard InChI is InChI=1S/C24H29FN6O5/c1-24(2,3)36-22(33)26-12-17(25)15-35-23(34)28-18-7-5-6-16(10-18)11-20-21(32)8-9-31(29-20)19-13-27-30(4)14-19/h5-10,13-14,17H,11-12,15H2,1-4H3,(H,26,33)(H,28,34). The molecule has 0 spiro atoms. The number of nitrogens with one attached hydrogen (secondary N) is 2. The molecular weight excluding hydrogens is 471 g/mol. The molecule has 1 atom stereocenters. The fourth-order valence-corrected chi connectivity index (χ4v) is 3.08. The highest BCUT2D eigenvalue weighted by Crippen LogP contribution is 2.14. The number of anilines is 1. The Balaban J connectivity index is 1.53. The molecule has 0 saturated heterocycles. The van der Waals surface area contributed by atoms with Crippen LogP contribution in [0, 0.1) is 0 Å². The van der Waals surface area contributed by atoms with E-state index in [9.17, 15) is 18.8 Å². The highest BCUT2D eigenvalue weighted by Gasteiger charge is 2.18. The number of aromatic nitrogens is 4. The summed E-state index contributed by atoms with van der Waals surface area (Å²) in [7, 11) is 1.78. The summed E-state index contributed by atoms with van der Waals surface area (Å²) in [6, 6.07) is 8.23. The first-order valence-electron chi connectivity index (χ1n) is 11.2. The summed E-state index contributed by atoms with van der Waals surface area (Å²) in [5.74, 6) is 0. The zero-order valence-electron chi connectivity index (χ0n) is 20.5. The number of alkyl halides is 1. The average Bonchev–Trinajstić information content (AvgIpc) is 3.23. The first-order valence-corrected chi connectivity index (χ1v) is 11.2. The van der Waals surface area contributed by atoms with E-state index in [0.29, 0.717) is 17.1 Å². The van der Waals surface area contributed by atoms with E-state index in [4.69, 9.17) is 9.47 Å². The van der Waals surface area contributed by atoms with Gasteiger partial charge in [0.05, 0.1) is 18.9 Å². The van der Waals surface area contributed by atoms with Crippen molar-refractivity contribution in [2.24, 2.45) is 7.05 Å². The Kier molecular flexibility index (Phi) is 8.41. The summed E-state index contributed by atoms with van der Waals surface area (Å²) in [6.45, 7) is 4.16. The Bertz CT molecular complexity index is 1270. The van der Waals surface area contributed by atoms with E-state index in [1.54, 1.807) is 80.0 Å². The fraction of sp³-hybridized carbons (Fsp3) is 0.375. The second-order valence-electron chi connectivity index (χ2n) is 9.02. The molecule has 12 heteroatoms. The zero-order chi connectivity index (χ0) is 26.3. The lowest BCUT2D eigenvalue weighted by Crippen LogP contribution is -2.37. The van der Waals surface area contributed by atoms with Gasteiger partial charge in [-0.05, 0) is 38.5 Å². The van der Waals surface area contributed by atoms with E-state index in [1.807, 2.05) is 0 Å². The number of amides is 2. The third kappa shape index (κ3) is 8.22. The van der Waals surface area contributed by atoms with Gasteiger partial charge in [-0.2, -0.15) is 10.2 Å². The van der Waals surface area contributed by atoms with Gasteiger partial charge < -0.3 is 14.8 Å². The maximum absolute atomic E-state index is 14.0. The second kappa shape index (κ2) is 11.5. The highest BCUT2D eigenvalue weighted by molar-refractivity contribution is 5.84. The van der Waals surface area contributed by atoms with E-state index in [2.05, 4.69) is 20.8 Å². The number of rotatable bonds is 8. The Morgan fingerprint density at radius 1 is 1.19 bits per heavy atom. The van der Waals surface area contributed by atoms with Gasteiger partial charge in [-0.1, -0.05) is 12.1 Å². The minimum atomic E-state index is -1.61. The minimum Gasteiger partial charge on any atom is -0.446 e. The number of aryl methyl sites for hydroxylation is 1. The molecule has 0 aliphatic heterocycles. The van der Waals surface area contributed by atoms with Gasteiger partial charge in [0.2, 0.25) is 5.43 Å². The summed E-state index contributed by atoms with van der Waals surface area (Å²) < 4.78 is 27.1. The molecule has 0 aliphatic carbocycles. The molecule has 2 N–H and O–H groups in total. The van der Waals surface area contributed by atoms with Gasteiger partial charge >= 0.3 is 12.2 Å². The van der Waals surface area contributed by atoms with Crippen molar-refractivity contribution >= 4 is 17.9 Å². The largest absolute Gasteiger partial charge is 0.446 e. The molecule has 0 saturated carbocycles. The first-order chi connectivity index (χ1) is 17.0. The number of halogens is 1. The number of carbonyl (C=O) groups is 2. The van der Waals surface area contributed by atoms with Crippen LogP contribution in [0.3, 0.4) is 0 Å². The van der Waals surface area contributed by atoms with Crippen molar-refractivity contribution in [3.05, 3.63) is 70.4 Å². The van der Waals surface area contributed by atoms with Crippen molar-refractivity contribution < 1.29 is 23.5 Å². The van der Waals surface area contributed by atoms with Crippen LogP contribution in [0.5, 0.6) is 0 Å². The van der Waals surface area contributed by atoms with E-state index < -0.39 is 30.6 Å². The second-order valence-corrected chi connectivity index (χ2v) is 9.02. The summed E-state index contributed by atoms with van der Waals surface area (Å²) in [5, 5.41) is 13.3. The van der Waals surface area contributed by atoms with Crippen LogP contribution in [0.1, 0.15) is 32.0 Å². The van der Waals surface area contributed by atoms with E-state index in [0.717, 1.165) is 5.56 Å². The van der Waals surface area contributed by atoms with Crippen LogP contribution in [-0.4, -0.2) is 56.7 Å². The average molecular weight is 501 g/mol. The molecule has 0 aliphatic rings. The SMILES string of the molecule is Cn1cc(-n2ccc(=O)c(Cc3cccc(NC(=O)OCC(F)CNC(=O)OC(C)(C)C)c3)n2)cn1. The predicted molar refractivity (Wildman–Crippen MR) is 130 cm³/mol. The summed E-state index contributed by atoms with van der Waals surface area (Å²) in [4.78, 5) is 36.0. The predicted octanol–water partition coefficient (Wildman–Crippen LogP) is 2.97. The lowest BCUT2D eigenvalue weighted by molar-refractivity contribution is 0.0500. The molecule has 3 rings (SSSR count). The smallest absolute Gasteiger partial charge is 0.411 e. The van der Waals surface area contributed by atoms with Crippen LogP contribution in [-0.2, 0) is 22.9 Å². The molecule has 11 nitrogen and oxygen atoms in total. The number of benzene rings is 1. The number of nitrogens with zero attached hydrogens (tertiary/aromatic N) is 4. The van der Waals surface area contributed by atoms with Gasteiger partial charge in [0, 0.05) is 31.4 Å². The van der Waals surface area contributed by atoms with Crippen LogP contribution in [0.15, 0.2) is 53.7 Å². The highest BCUT2D eigenvalue weighted by atomic mass is 19.1. The van der Waals surface area contributed by atoms with E-state index >= 15 is 0 Å². The van der Waals surface area contributed by atoms with Crippen molar-refractivity contribution in [3.8, 4) is 5.69 Å². The third-order valence-corrected chi connectivity index (χ3v) is 4.64. The molecule has 192 valence electrons. The maximum atomic E-state index is 14.0. The van der Waals surface area contributed by atoms with Gasteiger partial charge in [0.1, 0.15) is 23.6 Å². The summed E-state index contributed by atoms with van der Waals surface area (Å²) in [6.07, 6.45) is 1.97. The van der Waals surface area contributed by atoms with Crippen molar-refractivity contribution in [2.75, 3.05) is 18.5 Å². The number of ether oxygens (including phenoxy) is 2. The maximum Gasteiger partial charge on any atom is 0.411 e. The van der Waals surface area contributed by atoms with Crippen molar-refractivity contribution in [2.45, 2.75) is 39.0 Å². The molecule has 1 aromatic carbocycles. The van der Waals surface area contributed by atoms with Crippen LogP contribution < -0.4 is 16.1 Å². The summed E-state index contributed by atoms with van der Waals surface area (Å²) in [5.41, 5.74) is 1.24. The molecule has 0 fully saturated rings. The first kappa shape index (κ1) is 26.4. The van der Waals surface area contributed by atoms with Gasteiger partial charge in [-0.25, -0.2) is 18.7 Å². The van der Waals surface area contributed by atoms with Crippen LogP contribution in [0.4, 0.5) is 19.7 Å². The molecule has 0 radical (unpaired) electrons. The van der Waals surface area contributed by atoms with Gasteiger partial charge in [-0.3, -0.25) is 14.8 Å². The Morgan fingerprint density at radius 2 is 1.97 bits per heavy atom. The molecule has 1 unspecified atom stereocenters. The van der Waals surface area contributed by atoms with Crippen LogP contribution in [0.25, 0.3) is 5.69 Å². The number of alkyl carbamates (subject to hydrolysis) is 1. The lowest BCUT2D eigenvalue weighted by Gasteiger charge is -2.20. The molecule has 2 heterocycles.